The molecule has 1 amide bonds. The molecule has 3 aromatic rings. The molecule has 10 heteroatoms. The second-order valence-electron chi connectivity index (χ2n) is 7.49. The normalized spacial score (nSPS) is 15.8. The van der Waals surface area contributed by atoms with Gasteiger partial charge in [0.05, 0.1) is 37.1 Å². The summed E-state index contributed by atoms with van der Waals surface area (Å²) in [7, 11) is -0.274. The third kappa shape index (κ3) is 5.18. The number of carbonyl (C=O) groups excluding carboxylic acids is 1. The first kappa shape index (κ1) is 22.8. The highest BCUT2D eigenvalue weighted by Gasteiger charge is 2.34. The van der Waals surface area contributed by atoms with E-state index in [4.69, 9.17) is 9.47 Å². The minimum atomic E-state index is -3.42. The summed E-state index contributed by atoms with van der Waals surface area (Å²) in [6.07, 6.45) is 1.54. The van der Waals surface area contributed by atoms with Gasteiger partial charge in [-0.1, -0.05) is 18.2 Å². The summed E-state index contributed by atoms with van der Waals surface area (Å²) in [6.45, 7) is 0. The van der Waals surface area contributed by atoms with E-state index in [9.17, 15) is 13.2 Å². The van der Waals surface area contributed by atoms with E-state index in [-0.39, 0.29) is 11.9 Å². The predicted molar refractivity (Wildman–Crippen MR) is 129 cm³/mol. The Balaban J connectivity index is 1.75. The number of carbonyl (C=O) groups is 1. The highest BCUT2D eigenvalue weighted by atomic mass is 32.2. The van der Waals surface area contributed by atoms with Crippen LogP contribution in [-0.4, -0.2) is 45.5 Å². The predicted octanol–water partition coefficient (Wildman–Crippen LogP) is 4.13. The van der Waals surface area contributed by atoms with Gasteiger partial charge in [0.2, 0.25) is 10.0 Å². The number of nitrogens with zero attached hydrogens (tertiary/aromatic N) is 2. The number of hydrazone groups is 1. The topological polar surface area (TPSA) is 97.3 Å². The minimum Gasteiger partial charge on any atom is -0.497 e. The first-order valence-electron chi connectivity index (χ1n) is 10.0. The van der Waals surface area contributed by atoms with Crippen LogP contribution in [-0.2, 0) is 10.0 Å². The summed E-state index contributed by atoms with van der Waals surface area (Å²) in [6, 6.07) is 15.7. The van der Waals surface area contributed by atoms with Gasteiger partial charge in [0, 0.05) is 18.2 Å². The van der Waals surface area contributed by atoms with E-state index in [1.807, 2.05) is 29.6 Å². The monoisotopic (exact) mass is 485 g/mol. The van der Waals surface area contributed by atoms with Crippen LogP contribution in [0.5, 0.6) is 11.5 Å². The molecule has 8 nitrogen and oxygen atoms in total. The van der Waals surface area contributed by atoms with E-state index < -0.39 is 10.0 Å². The maximum Gasteiger partial charge on any atom is 0.284 e. The van der Waals surface area contributed by atoms with Gasteiger partial charge in [-0.3, -0.25) is 9.52 Å². The Labute approximate surface area is 196 Å². The first-order chi connectivity index (χ1) is 15.8. The Morgan fingerprint density at radius 2 is 1.82 bits per heavy atom. The van der Waals surface area contributed by atoms with Crippen LogP contribution < -0.4 is 14.2 Å². The molecule has 0 saturated heterocycles. The van der Waals surface area contributed by atoms with E-state index >= 15 is 0 Å². The van der Waals surface area contributed by atoms with E-state index in [0.29, 0.717) is 34.2 Å². The summed E-state index contributed by atoms with van der Waals surface area (Å²) in [5.74, 6) is 1.01. The van der Waals surface area contributed by atoms with Gasteiger partial charge in [-0.25, -0.2) is 13.4 Å². The maximum absolute atomic E-state index is 13.3. The number of hydrogen-bond donors (Lipinski definition) is 1. The number of sulfonamides is 1. The number of benzene rings is 2. The van der Waals surface area contributed by atoms with Gasteiger partial charge in [-0.15, -0.1) is 11.3 Å². The molecule has 0 fully saturated rings. The van der Waals surface area contributed by atoms with Crippen molar-refractivity contribution in [3.8, 4) is 11.5 Å². The van der Waals surface area contributed by atoms with Crippen LogP contribution in [0.1, 0.15) is 33.3 Å². The Hall–Kier alpha value is -3.37. The van der Waals surface area contributed by atoms with Crippen molar-refractivity contribution in [2.75, 3.05) is 25.2 Å². The van der Waals surface area contributed by atoms with Crippen molar-refractivity contribution in [1.82, 2.24) is 5.01 Å². The molecule has 1 aromatic heterocycles. The van der Waals surface area contributed by atoms with Crippen LogP contribution in [0.15, 0.2) is 65.1 Å². The molecular weight excluding hydrogens is 462 g/mol. The number of nitrogens with one attached hydrogen (secondary N) is 1. The summed E-state index contributed by atoms with van der Waals surface area (Å²) in [4.78, 5) is 13.9. The molecule has 0 unspecified atom stereocenters. The maximum atomic E-state index is 13.3. The molecule has 33 heavy (non-hydrogen) atoms. The molecule has 1 aliphatic heterocycles. The van der Waals surface area contributed by atoms with Crippen LogP contribution in [0.4, 0.5) is 5.69 Å². The number of amides is 1. The third-order valence-corrected chi connectivity index (χ3v) is 6.57. The molecule has 172 valence electrons. The number of rotatable bonds is 7. The van der Waals surface area contributed by atoms with Crippen LogP contribution in [0.25, 0.3) is 0 Å². The lowest BCUT2D eigenvalue weighted by molar-refractivity contribution is 0.0715. The number of hydrogen-bond acceptors (Lipinski definition) is 7. The zero-order valence-electron chi connectivity index (χ0n) is 18.3. The molecule has 2 heterocycles. The molecule has 0 bridgehead atoms. The van der Waals surface area contributed by atoms with Crippen molar-refractivity contribution < 1.29 is 22.7 Å². The molecule has 1 aliphatic rings. The van der Waals surface area contributed by atoms with Crippen LogP contribution in [0, 0.1) is 0 Å². The molecule has 0 spiro atoms. The lowest BCUT2D eigenvalue weighted by atomic mass is 9.97. The molecule has 1 N–H and O–H groups in total. The van der Waals surface area contributed by atoms with Gasteiger partial charge in [0.1, 0.15) is 11.5 Å². The Morgan fingerprint density at radius 1 is 1.09 bits per heavy atom. The fraction of sp³-hybridized carbons (Fsp3) is 0.217. The van der Waals surface area contributed by atoms with Crippen molar-refractivity contribution in [3.63, 3.8) is 0 Å². The molecule has 0 radical (unpaired) electrons. The van der Waals surface area contributed by atoms with E-state index in [2.05, 4.69) is 9.82 Å². The van der Waals surface area contributed by atoms with Crippen molar-refractivity contribution in [1.29, 1.82) is 0 Å². The summed E-state index contributed by atoms with van der Waals surface area (Å²) < 4.78 is 36.6. The van der Waals surface area contributed by atoms with Gasteiger partial charge in [-0.2, -0.15) is 5.10 Å². The van der Waals surface area contributed by atoms with Gasteiger partial charge >= 0.3 is 0 Å². The average Bonchev–Trinajstić information content (AvgIpc) is 3.48. The van der Waals surface area contributed by atoms with Crippen LogP contribution >= 0.6 is 11.3 Å². The van der Waals surface area contributed by atoms with Gasteiger partial charge in [0.15, 0.2) is 0 Å². The minimum absolute atomic E-state index is 0.211. The Kier molecular flexibility index (Phi) is 6.39. The van der Waals surface area contributed by atoms with E-state index in [0.717, 1.165) is 17.4 Å². The SMILES string of the molecule is COc1cc(OC)cc([C@H]2CC(c3cccc(NS(C)(=O)=O)c3)=NN2C(=O)c2cccs2)c1. The lowest BCUT2D eigenvalue weighted by Crippen LogP contribution is -2.26. The number of ether oxygens (including phenoxy) is 2. The average molecular weight is 486 g/mol. The lowest BCUT2D eigenvalue weighted by Gasteiger charge is -2.22. The summed E-state index contributed by atoms with van der Waals surface area (Å²) in [5, 5.41) is 7.99. The Bertz CT molecular complexity index is 1280. The van der Waals surface area contributed by atoms with Gasteiger partial charge < -0.3 is 9.47 Å². The smallest absolute Gasteiger partial charge is 0.284 e. The van der Waals surface area contributed by atoms with E-state index in [1.165, 1.54) is 16.3 Å². The number of thiophene rings is 1. The van der Waals surface area contributed by atoms with Crippen molar-refractivity contribution in [2.24, 2.45) is 5.10 Å². The zero-order valence-corrected chi connectivity index (χ0v) is 19.9. The molecule has 4 rings (SSSR count). The first-order valence-corrected chi connectivity index (χ1v) is 12.8. The molecule has 1 atom stereocenters. The zero-order chi connectivity index (χ0) is 23.6. The fourth-order valence-electron chi connectivity index (χ4n) is 3.64. The van der Waals surface area contributed by atoms with E-state index in [1.54, 1.807) is 44.6 Å². The molecule has 0 saturated carbocycles. The second kappa shape index (κ2) is 9.24. The quantitative estimate of drug-likeness (QED) is 0.543. The third-order valence-electron chi connectivity index (χ3n) is 5.11. The highest BCUT2D eigenvalue weighted by molar-refractivity contribution is 7.92. The largest absolute Gasteiger partial charge is 0.497 e. The van der Waals surface area contributed by atoms with Crippen LogP contribution in [0.3, 0.4) is 0 Å². The van der Waals surface area contributed by atoms with Crippen LogP contribution in [0.2, 0.25) is 0 Å². The number of anilines is 1. The van der Waals surface area contributed by atoms with Crippen molar-refractivity contribution in [3.05, 3.63) is 76.0 Å². The highest BCUT2D eigenvalue weighted by Crippen LogP contribution is 2.38. The standard InChI is InChI=1S/C23H23N3O5S2/c1-30-18-11-16(12-19(13-18)31-2)21-14-20(24-26(21)23(27)22-8-5-9-32-22)15-6-4-7-17(10-15)25-33(3,28)29/h4-13,21,25H,14H2,1-3H3/t21-/m1/s1. The summed E-state index contributed by atoms with van der Waals surface area (Å²) >= 11 is 1.35. The summed E-state index contributed by atoms with van der Waals surface area (Å²) in [5.41, 5.74) is 2.65. The molecular formula is C23H23N3O5S2. The van der Waals surface area contributed by atoms with Gasteiger partial charge in [0.25, 0.3) is 5.91 Å². The molecule has 0 aliphatic carbocycles. The fourth-order valence-corrected chi connectivity index (χ4v) is 4.85. The molecule has 2 aromatic carbocycles. The second-order valence-corrected chi connectivity index (χ2v) is 10.2. The number of methoxy groups -OCH3 is 2. The Morgan fingerprint density at radius 3 is 2.42 bits per heavy atom. The van der Waals surface area contributed by atoms with Crippen molar-refractivity contribution >= 4 is 38.7 Å². The van der Waals surface area contributed by atoms with Gasteiger partial charge in [-0.05, 0) is 46.8 Å². The van der Waals surface area contributed by atoms with Crippen molar-refractivity contribution in [2.45, 2.75) is 12.5 Å².